The fourth-order valence-electron chi connectivity index (χ4n) is 1.81. The number of H-pyrrole nitrogens is 1. The van der Waals surface area contributed by atoms with E-state index in [1.165, 1.54) is 0 Å². The van der Waals surface area contributed by atoms with Crippen molar-refractivity contribution in [3.63, 3.8) is 0 Å². The Morgan fingerprint density at radius 1 is 1.47 bits per heavy atom. The number of rotatable bonds is 5. The molecule has 1 rings (SSSR count). The second-order valence-electron chi connectivity index (χ2n) is 6.14. The van der Waals surface area contributed by atoms with E-state index in [9.17, 15) is 4.79 Å². The van der Waals surface area contributed by atoms with Crippen LogP contribution >= 0.6 is 0 Å². The van der Waals surface area contributed by atoms with Crippen molar-refractivity contribution in [1.29, 1.82) is 0 Å². The molecule has 0 saturated carbocycles. The molecule has 6 nitrogen and oxygen atoms in total. The van der Waals surface area contributed by atoms with Crippen LogP contribution in [0.2, 0.25) is 0 Å². The molecule has 0 unspecified atom stereocenters. The summed E-state index contributed by atoms with van der Waals surface area (Å²) in [4.78, 5) is 11.8. The molecule has 19 heavy (non-hydrogen) atoms. The minimum atomic E-state index is -0.486. The van der Waals surface area contributed by atoms with E-state index in [-0.39, 0.29) is 12.1 Å². The summed E-state index contributed by atoms with van der Waals surface area (Å²) in [6.45, 7) is 9.78. The van der Waals surface area contributed by atoms with Crippen molar-refractivity contribution in [2.45, 2.75) is 59.1 Å². The number of alkyl carbamates (subject to hydrolysis) is 1. The molecule has 1 amide bonds. The van der Waals surface area contributed by atoms with Gasteiger partial charge in [0.1, 0.15) is 5.60 Å². The molecule has 108 valence electrons. The van der Waals surface area contributed by atoms with Gasteiger partial charge in [-0.3, -0.25) is 0 Å². The van der Waals surface area contributed by atoms with Crippen molar-refractivity contribution >= 4 is 6.09 Å². The molecule has 0 radical (unpaired) electrons. The average molecular weight is 268 g/mol. The van der Waals surface area contributed by atoms with Gasteiger partial charge in [0.05, 0.1) is 11.9 Å². The van der Waals surface area contributed by atoms with Gasteiger partial charge in [-0.15, -0.1) is 0 Å². The summed E-state index contributed by atoms with van der Waals surface area (Å²) in [5, 5.41) is 13.3. The highest BCUT2D eigenvalue weighted by molar-refractivity contribution is 5.68. The van der Waals surface area contributed by atoms with Crippen LogP contribution in [-0.4, -0.2) is 33.1 Å². The number of nitrogens with one attached hydrogen (secondary N) is 2. The lowest BCUT2D eigenvalue weighted by atomic mass is 10.0. The summed E-state index contributed by atoms with van der Waals surface area (Å²) in [5.74, 6) is 0.479. The van der Waals surface area contributed by atoms with Gasteiger partial charge in [-0.25, -0.2) is 4.79 Å². The van der Waals surface area contributed by atoms with Crippen LogP contribution in [0.5, 0.6) is 0 Å². The minimum Gasteiger partial charge on any atom is -0.444 e. The van der Waals surface area contributed by atoms with Crippen molar-refractivity contribution in [3.8, 4) is 0 Å². The van der Waals surface area contributed by atoms with Crippen LogP contribution in [0.25, 0.3) is 0 Å². The number of ether oxygens (including phenoxy) is 1. The summed E-state index contributed by atoms with van der Waals surface area (Å²) >= 11 is 0. The van der Waals surface area contributed by atoms with Crippen molar-refractivity contribution in [3.05, 3.63) is 11.9 Å². The summed E-state index contributed by atoms with van der Waals surface area (Å²) in [5.41, 5.74) is 0.349. The summed E-state index contributed by atoms with van der Waals surface area (Å²) < 4.78 is 5.28. The zero-order chi connectivity index (χ0) is 14.5. The Bertz CT molecular complexity index is 382. The number of amides is 1. The molecule has 0 aliphatic heterocycles. The van der Waals surface area contributed by atoms with Crippen molar-refractivity contribution in [2.75, 3.05) is 0 Å². The SMILES string of the molecule is CC(C)C[C@@H](Cc1cn[nH]n1)NC(=O)OC(C)(C)C. The van der Waals surface area contributed by atoms with E-state index in [1.54, 1.807) is 6.20 Å². The molecule has 2 N–H and O–H groups in total. The lowest BCUT2D eigenvalue weighted by molar-refractivity contribution is 0.0498. The first-order valence-electron chi connectivity index (χ1n) is 6.60. The molecule has 0 bridgehead atoms. The zero-order valence-corrected chi connectivity index (χ0v) is 12.4. The Morgan fingerprint density at radius 2 is 2.16 bits per heavy atom. The van der Waals surface area contributed by atoms with Gasteiger partial charge in [0, 0.05) is 12.5 Å². The van der Waals surface area contributed by atoms with E-state index in [0.29, 0.717) is 12.3 Å². The van der Waals surface area contributed by atoms with Crippen LogP contribution in [0.15, 0.2) is 6.20 Å². The molecule has 1 aromatic heterocycles. The normalized spacial score (nSPS) is 13.4. The standard InChI is InChI=1S/C13H24N4O2/c1-9(2)6-10(7-11-8-14-17-16-11)15-12(18)19-13(3,4)5/h8-10H,6-7H2,1-5H3,(H,15,18)(H,14,16,17)/t10-/m0/s1. The number of carbonyl (C=O) groups is 1. The third-order valence-electron chi connectivity index (χ3n) is 2.40. The zero-order valence-electron chi connectivity index (χ0n) is 12.4. The molecule has 1 aromatic rings. The highest BCUT2D eigenvalue weighted by atomic mass is 16.6. The van der Waals surface area contributed by atoms with Gasteiger partial charge < -0.3 is 10.1 Å². The Balaban J connectivity index is 2.56. The Morgan fingerprint density at radius 3 is 2.63 bits per heavy atom. The van der Waals surface area contributed by atoms with Crippen LogP contribution in [0.3, 0.4) is 0 Å². The van der Waals surface area contributed by atoms with Crippen molar-refractivity contribution in [2.24, 2.45) is 5.92 Å². The second-order valence-corrected chi connectivity index (χ2v) is 6.14. The number of nitrogens with zero attached hydrogens (tertiary/aromatic N) is 2. The van der Waals surface area contributed by atoms with Gasteiger partial charge in [0.25, 0.3) is 0 Å². The molecule has 6 heteroatoms. The molecule has 0 aliphatic carbocycles. The fraction of sp³-hybridized carbons (Fsp3) is 0.769. The topological polar surface area (TPSA) is 79.9 Å². The second kappa shape index (κ2) is 6.54. The van der Waals surface area contributed by atoms with Gasteiger partial charge >= 0.3 is 6.09 Å². The van der Waals surface area contributed by atoms with E-state index >= 15 is 0 Å². The van der Waals surface area contributed by atoms with Gasteiger partial charge in [-0.1, -0.05) is 13.8 Å². The predicted molar refractivity (Wildman–Crippen MR) is 72.7 cm³/mol. The largest absolute Gasteiger partial charge is 0.444 e. The molecular formula is C13H24N4O2. The molecule has 0 spiro atoms. The minimum absolute atomic E-state index is 0.0000463. The van der Waals surface area contributed by atoms with Gasteiger partial charge in [-0.2, -0.15) is 15.4 Å². The number of aromatic nitrogens is 3. The van der Waals surface area contributed by atoms with Crippen LogP contribution in [0, 0.1) is 5.92 Å². The van der Waals surface area contributed by atoms with E-state index in [4.69, 9.17) is 4.74 Å². The fourth-order valence-corrected chi connectivity index (χ4v) is 1.81. The van der Waals surface area contributed by atoms with Crippen LogP contribution in [-0.2, 0) is 11.2 Å². The Hall–Kier alpha value is -1.59. The summed E-state index contributed by atoms with van der Waals surface area (Å²) in [6.07, 6.45) is 2.80. The third-order valence-corrected chi connectivity index (χ3v) is 2.40. The Labute approximate surface area is 114 Å². The number of carbonyl (C=O) groups excluding carboxylic acids is 1. The number of aromatic amines is 1. The average Bonchev–Trinajstić information content (AvgIpc) is 2.65. The van der Waals surface area contributed by atoms with Crippen LogP contribution in [0.4, 0.5) is 4.79 Å². The maximum Gasteiger partial charge on any atom is 0.407 e. The maximum absolute atomic E-state index is 11.8. The lowest BCUT2D eigenvalue weighted by Gasteiger charge is -2.24. The summed E-state index contributed by atoms with van der Waals surface area (Å²) in [7, 11) is 0. The van der Waals surface area contributed by atoms with E-state index in [2.05, 4.69) is 34.6 Å². The molecular weight excluding hydrogens is 244 g/mol. The van der Waals surface area contributed by atoms with E-state index < -0.39 is 5.60 Å². The maximum atomic E-state index is 11.8. The monoisotopic (exact) mass is 268 g/mol. The van der Waals surface area contributed by atoms with Gasteiger partial charge in [0.15, 0.2) is 0 Å². The smallest absolute Gasteiger partial charge is 0.407 e. The Kier molecular flexibility index (Phi) is 5.32. The molecule has 0 saturated heterocycles. The number of hydrogen-bond donors (Lipinski definition) is 2. The lowest BCUT2D eigenvalue weighted by Crippen LogP contribution is -2.41. The summed E-state index contributed by atoms with van der Waals surface area (Å²) in [6, 6.07) is -0.0000463. The molecule has 1 heterocycles. The molecule has 1 atom stereocenters. The first-order valence-corrected chi connectivity index (χ1v) is 6.60. The molecule has 0 aliphatic rings. The highest BCUT2D eigenvalue weighted by Gasteiger charge is 2.21. The van der Waals surface area contributed by atoms with E-state index in [1.807, 2.05) is 20.8 Å². The van der Waals surface area contributed by atoms with Gasteiger partial charge in [0.2, 0.25) is 0 Å². The van der Waals surface area contributed by atoms with Gasteiger partial charge in [-0.05, 0) is 33.1 Å². The van der Waals surface area contributed by atoms with Crippen LogP contribution in [0.1, 0.15) is 46.7 Å². The van der Waals surface area contributed by atoms with Crippen LogP contribution < -0.4 is 5.32 Å². The van der Waals surface area contributed by atoms with Crippen molar-refractivity contribution < 1.29 is 9.53 Å². The number of hydrogen-bond acceptors (Lipinski definition) is 4. The first-order chi connectivity index (χ1) is 8.76. The predicted octanol–water partition coefficient (Wildman–Crippen LogP) is 2.29. The van der Waals surface area contributed by atoms with E-state index in [0.717, 1.165) is 12.1 Å². The molecule has 0 fully saturated rings. The third kappa shape index (κ3) is 6.79. The molecule has 0 aromatic carbocycles. The van der Waals surface area contributed by atoms with Crippen molar-refractivity contribution in [1.82, 2.24) is 20.7 Å². The highest BCUT2D eigenvalue weighted by Crippen LogP contribution is 2.11. The quantitative estimate of drug-likeness (QED) is 0.858. The first kappa shape index (κ1) is 15.5.